The lowest BCUT2D eigenvalue weighted by Gasteiger charge is -2.17. The Morgan fingerprint density at radius 2 is 2.05 bits per heavy atom. The van der Waals surface area contributed by atoms with E-state index >= 15 is 0 Å². The van der Waals surface area contributed by atoms with E-state index in [0.29, 0.717) is 25.5 Å². The van der Waals surface area contributed by atoms with Crippen molar-refractivity contribution in [3.63, 3.8) is 0 Å². The molecule has 1 aromatic carbocycles. The van der Waals surface area contributed by atoms with Crippen LogP contribution >= 0.6 is 0 Å². The number of nitrogens with two attached hydrogens (primary N) is 1. The molecular formula is C16H26N2O2. The highest BCUT2D eigenvalue weighted by Crippen LogP contribution is 2.19. The van der Waals surface area contributed by atoms with Crippen molar-refractivity contribution >= 4 is 11.6 Å². The topological polar surface area (TPSA) is 64.3 Å². The van der Waals surface area contributed by atoms with Gasteiger partial charge in [0, 0.05) is 24.8 Å². The molecule has 0 aliphatic rings. The van der Waals surface area contributed by atoms with Gasteiger partial charge in [-0.2, -0.15) is 0 Å². The Bertz CT molecular complexity index is 419. The molecule has 4 heteroatoms. The number of carbonyl (C=O) groups is 1. The third-order valence-corrected chi connectivity index (χ3v) is 3.20. The first-order valence-electron chi connectivity index (χ1n) is 7.13. The highest BCUT2D eigenvalue weighted by molar-refractivity contribution is 5.91. The lowest BCUT2D eigenvalue weighted by molar-refractivity contribution is -0.117. The molecule has 0 heterocycles. The second kappa shape index (κ2) is 8.72. The molecule has 0 aromatic heterocycles. The number of hydrogen-bond acceptors (Lipinski definition) is 3. The molecule has 1 atom stereocenters. The number of carbonyl (C=O) groups excluding carboxylic acids is 1. The van der Waals surface area contributed by atoms with Crippen LogP contribution in [0, 0.1) is 11.8 Å². The molecule has 0 saturated carbocycles. The average molecular weight is 278 g/mol. The maximum Gasteiger partial charge on any atom is 0.224 e. The smallest absolute Gasteiger partial charge is 0.224 e. The van der Waals surface area contributed by atoms with Gasteiger partial charge in [0.25, 0.3) is 0 Å². The maximum atomic E-state index is 12.1. The van der Waals surface area contributed by atoms with Gasteiger partial charge in [-0.15, -0.1) is 0 Å². The van der Waals surface area contributed by atoms with Crippen LogP contribution in [-0.2, 0) is 16.1 Å². The second-order valence-corrected chi connectivity index (χ2v) is 5.57. The Balaban J connectivity index is 2.61. The molecule has 0 spiro atoms. The van der Waals surface area contributed by atoms with Crippen molar-refractivity contribution in [2.45, 2.75) is 33.3 Å². The van der Waals surface area contributed by atoms with Gasteiger partial charge in [0.1, 0.15) is 0 Å². The van der Waals surface area contributed by atoms with Gasteiger partial charge in [0.05, 0.1) is 6.61 Å². The number of nitrogens with one attached hydrogen (secondary N) is 1. The molecule has 1 amide bonds. The van der Waals surface area contributed by atoms with Crippen LogP contribution in [0.25, 0.3) is 0 Å². The van der Waals surface area contributed by atoms with Gasteiger partial charge in [0.2, 0.25) is 5.91 Å². The summed E-state index contributed by atoms with van der Waals surface area (Å²) in [5.41, 5.74) is 7.54. The highest BCUT2D eigenvalue weighted by Gasteiger charge is 2.15. The molecule has 1 aromatic rings. The van der Waals surface area contributed by atoms with Crippen molar-refractivity contribution in [3.05, 3.63) is 29.8 Å². The van der Waals surface area contributed by atoms with Gasteiger partial charge in [-0.05, 0) is 30.9 Å². The van der Waals surface area contributed by atoms with E-state index in [4.69, 9.17) is 10.5 Å². The zero-order valence-corrected chi connectivity index (χ0v) is 12.7. The standard InChI is InChI=1S/C16H26N2O2/c1-12(2)8-13(10-17)9-16(19)18-15-7-5-4-6-14(15)11-20-3/h4-7,12-13H,8-11,17H2,1-3H3,(H,18,19)/t13-/m0/s1. The van der Waals surface area contributed by atoms with E-state index in [9.17, 15) is 4.79 Å². The molecule has 0 bridgehead atoms. The number of amides is 1. The number of ether oxygens (including phenoxy) is 1. The fraction of sp³-hybridized carbons (Fsp3) is 0.562. The van der Waals surface area contributed by atoms with Crippen LogP contribution in [0.2, 0.25) is 0 Å². The van der Waals surface area contributed by atoms with Crippen LogP contribution in [0.4, 0.5) is 5.69 Å². The Hall–Kier alpha value is -1.39. The van der Waals surface area contributed by atoms with E-state index in [2.05, 4.69) is 19.2 Å². The van der Waals surface area contributed by atoms with E-state index < -0.39 is 0 Å². The van der Waals surface area contributed by atoms with Gasteiger partial charge in [0.15, 0.2) is 0 Å². The fourth-order valence-electron chi connectivity index (χ4n) is 2.32. The molecular weight excluding hydrogens is 252 g/mol. The van der Waals surface area contributed by atoms with Gasteiger partial charge < -0.3 is 15.8 Å². The molecule has 0 saturated heterocycles. The molecule has 4 nitrogen and oxygen atoms in total. The lowest BCUT2D eigenvalue weighted by atomic mass is 9.94. The normalized spacial score (nSPS) is 12.4. The van der Waals surface area contributed by atoms with Crippen LogP contribution in [0.15, 0.2) is 24.3 Å². The minimum absolute atomic E-state index is 0.0182. The van der Waals surface area contributed by atoms with E-state index in [1.807, 2.05) is 24.3 Å². The number of para-hydroxylation sites is 1. The van der Waals surface area contributed by atoms with Crippen LogP contribution in [-0.4, -0.2) is 19.6 Å². The number of rotatable bonds is 8. The van der Waals surface area contributed by atoms with Crippen molar-refractivity contribution in [3.8, 4) is 0 Å². The van der Waals surface area contributed by atoms with E-state index in [1.165, 1.54) is 0 Å². The minimum Gasteiger partial charge on any atom is -0.380 e. The summed E-state index contributed by atoms with van der Waals surface area (Å²) in [6, 6.07) is 7.69. The monoisotopic (exact) mass is 278 g/mol. The van der Waals surface area contributed by atoms with E-state index in [0.717, 1.165) is 17.7 Å². The third-order valence-electron chi connectivity index (χ3n) is 3.20. The van der Waals surface area contributed by atoms with Gasteiger partial charge >= 0.3 is 0 Å². The lowest BCUT2D eigenvalue weighted by Crippen LogP contribution is -2.23. The summed E-state index contributed by atoms with van der Waals surface area (Å²) in [6.45, 7) is 5.33. The zero-order chi connectivity index (χ0) is 15.0. The van der Waals surface area contributed by atoms with Crippen LogP contribution in [0.5, 0.6) is 0 Å². The molecule has 0 radical (unpaired) electrons. The van der Waals surface area contributed by atoms with Crippen molar-refractivity contribution < 1.29 is 9.53 Å². The molecule has 1 rings (SSSR count). The number of anilines is 1. The average Bonchev–Trinajstić information content (AvgIpc) is 2.40. The van der Waals surface area contributed by atoms with Crippen LogP contribution in [0.3, 0.4) is 0 Å². The predicted octanol–water partition coefficient (Wildman–Crippen LogP) is 2.78. The van der Waals surface area contributed by atoms with Crippen LogP contribution < -0.4 is 11.1 Å². The van der Waals surface area contributed by atoms with Gasteiger partial charge in [-0.3, -0.25) is 4.79 Å². The maximum absolute atomic E-state index is 12.1. The summed E-state index contributed by atoms with van der Waals surface area (Å²) in [7, 11) is 1.64. The molecule has 3 N–H and O–H groups in total. The Labute approximate surface area is 121 Å². The first-order valence-corrected chi connectivity index (χ1v) is 7.13. The largest absolute Gasteiger partial charge is 0.380 e. The Morgan fingerprint density at radius 1 is 1.35 bits per heavy atom. The summed E-state index contributed by atoms with van der Waals surface area (Å²) in [5, 5.41) is 2.96. The summed E-state index contributed by atoms with van der Waals surface area (Å²) in [6.07, 6.45) is 1.44. The van der Waals surface area contributed by atoms with Crippen molar-refractivity contribution in [1.82, 2.24) is 0 Å². The second-order valence-electron chi connectivity index (χ2n) is 5.57. The fourth-order valence-corrected chi connectivity index (χ4v) is 2.32. The Morgan fingerprint density at radius 3 is 2.65 bits per heavy atom. The molecule has 0 fully saturated rings. The van der Waals surface area contributed by atoms with Gasteiger partial charge in [-0.25, -0.2) is 0 Å². The molecule has 20 heavy (non-hydrogen) atoms. The third kappa shape index (κ3) is 5.72. The predicted molar refractivity (Wildman–Crippen MR) is 82.4 cm³/mol. The summed E-state index contributed by atoms with van der Waals surface area (Å²) >= 11 is 0. The highest BCUT2D eigenvalue weighted by atomic mass is 16.5. The van der Waals surface area contributed by atoms with Crippen LogP contribution in [0.1, 0.15) is 32.3 Å². The molecule has 0 aliphatic carbocycles. The number of benzene rings is 1. The number of hydrogen-bond donors (Lipinski definition) is 2. The van der Waals surface area contributed by atoms with Crippen molar-refractivity contribution in [2.24, 2.45) is 17.6 Å². The molecule has 112 valence electrons. The molecule has 0 aliphatic heterocycles. The summed E-state index contributed by atoms with van der Waals surface area (Å²) in [4.78, 5) is 12.1. The van der Waals surface area contributed by atoms with Crippen molar-refractivity contribution in [2.75, 3.05) is 19.0 Å². The summed E-state index contributed by atoms with van der Waals surface area (Å²) in [5.74, 6) is 0.811. The van der Waals surface area contributed by atoms with Gasteiger partial charge in [-0.1, -0.05) is 32.0 Å². The van der Waals surface area contributed by atoms with E-state index in [-0.39, 0.29) is 11.8 Å². The first kappa shape index (κ1) is 16.7. The Kier molecular flexibility index (Phi) is 7.26. The number of methoxy groups -OCH3 is 1. The first-order chi connectivity index (χ1) is 9.56. The van der Waals surface area contributed by atoms with Crippen molar-refractivity contribution in [1.29, 1.82) is 0 Å². The summed E-state index contributed by atoms with van der Waals surface area (Å²) < 4.78 is 5.13. The molecule has 0 unspecified atom stereocenters. The minimum atomic E-state index is 0.0182. The quantitative estimate of drug-likeness (QED) is 0.768. The van der Waals surface area contributed by atoms with E-state index in [1.54, 1.807) is 7.11 Å². The SMILES string of the molecule is COCc1ccccc1NC(=O)C[C@@H](CN)CC(C)C. The zero-order valence-electron chi connectivity index (χ0n) is 12.7.